The molecule has 0 bridgehead atoms. The number of rotatable bonds is 2. The van der Waals surface area contributed by atoms with Gasteiger partial charge in [-0.2, -0.15) is 0 Å². The summed E-state index contributed by atoms with van der Waals surface area (Å²) < 4.78 is 15.5. The lowest BCUT2D eigenvalue weighted by molar-refractivity contribution is 0.511. The first-order valence-electron chi connectivity index (χ1n) is 2.93. The van der Waals surface area contributed by atoms with Gasteiger partial charge in [-0.15, -0.1) is 0 Å². The molecule has 0 N–H and O–H groups in total. The Labute approximate surface area is 60.7 Å². The maximum absolute atomic E-state index is 10.5. The molecule has 0 aliphatic rings. The Balaban J connectivity index is 2.67. The quantitative estimate of drug-likeness (QED) is 0.613. The van der Waals surface area contributed by atoms with Gasteiger partial charge in [0.1, 0.15) is 0 Å². The van der Waals surface area contributed by atoms with Crippen molar-refractivity contribution in [1.29, 1.82) is 0 Å². The van der Waals surface area contributed by atoms with Gasteiger partial charge in [-0.25, -0.2) is 0 Å². The highest BCUT2D eigenvalue weighted by atomic mass is 31.1. The number of hydrogen-bond donors (Lipinski definition) is 0. The van der Waals surface area contributed by atoms with Gasteiger partial charge in [0.15, 0.2) is 12.4 Å². The first kappa shape index (κ1) is 7.23. The monoisotopic (exact) mass is 155 g/mol. The third-order valence-corrected chi connectivity index (χ3v) is 1.45. The van der Waals surface area contributed by atoms with Crippen molar-refractivity contribution in [3.05, 3.63) is 30.3 Å². The molecule has 52 valence electrons. The molecule has 0 saturated heterocycles. The Morgan fingerprint density at radius 3 is 2.40 bits per heavy atom. The van der Waals surface area contributed by atoms with Crippen LogP contribution in [0.5, 0.6) is 5.75 Å². The van der Waals surface area contributed by atoms with Gasteiger partial charge in [0.05, 0.1) is 0 Å². The standard InChI is InChI=1S/C7H8O2P/c1-10(8)9-7-5-3-2-4-6-7/h2-6H,1H3/q+1. The largest absolute Gasteiger partial charge is 0.552 e. The van der Waals surface area contributed by atoms with Crippen LogP contribution < -0.4 is 4.52 Å². The minimum atomic E-state index is -1.53. The predicted molar refractivity (Wildman–Crippen MR) is 40.6 cm³/mol. The summed E-state index contributed by atoms with van der Waals surface area (Å²) >= 11 is 0. The molecule has 0 spiro atoms. The maximum atomic E-state index is 10.5. The average molecular weight is 155 g/mol. The highest BCUT2D eigenvalue weighted by molar-refractivity contribution is 7.38. The van der Waals surface area contributed by atoms with Crippen molar-refractivity contribution in [2.75, 3.05) is 6.66 Å². The highest BCUT2D eigenvalue weighted by Gasteiger charge is 2.06. The van der Waals surface area contributed by atoms with Crippen LogP contribution in [-0.4, -0.2) is 6.66 Å². The lowest BCUT2D eigenvalue weighted by atomic mass is 10.3. The normalized spacial score (nSPS) is 10.7. The van der Waals surface area contributed by atoms with E-state index < -0.39 is 8.03 Å². The van der Waals surface area contributed by atoms with Gasteiger partial charge in [0.25, 0.3) is 0 Å². The van der Waals surface area contributed by atoms with Crippen molar-refractivity contribution in [1.82, 2.24) is 0 Å². The van der Waals surface area contributed by atoms with E-state index in [1.165, 1.54) is 6.66 Å². The smallest absolute Gasteiger partial charge is 0.255 e. The minimum Gasteiger partial charge on any atom is -0.255 e. The second-order valence-electron chi connectivity index (χ2n) is 1.84. The second-order valence-corrected chi connectivity index (χ2v) is 2.91. The van der Waals surface area contributed by atoms with Crippen molar-refractivity contribution >= 4 is 8.03 Å². The molecule has 0 amide bonds. The number of benzene rings is 1. The van der Waals surface area contributed by atoms with E-state index >= 15 is 0 Å². The predicted octanol–water partition coefficient (Wildman–Crippen LogP) is 2.44. The summed E-state index contributed by atoms with van der Waals surface area (Å²) in [5.41, 5.74) is 0. The molecule has 0 heterocycles. The van der Waals surface area contributed by atoms with Crippen molar-refractivity contribution in [3.63, 3.8) is 0 Å². The van der Waals surface area contributed by atoms with Gasteiger partial charge in [-0.1, -0.05) is 18.2 Å². The summed E-state index contributed by atoms with van der Waals surface area (Å²) in [4.78, 5) is 0. The molecule has 1 rings (SSSR count). The molecule has 0 aliphatic carbocycles. The lowest BCUT2D eigenvalue weighted by Gasteiger charge is -1.87. The van der Waals surface area contributed by atoms with Crippen LogP contribution in [0.2, 0.25) is 0 Å². The molecular weight excluding hydrogens is 147 g/mol. The number of hydrogen-bond acceptors (Lipinski definition) is 2. The van der Waals surface area contributed by atoms with Gasteiger partial charge >= 0.3 is 8.03 Å². The van der Waals surface area contributed by atoms with Crippen LogP contribution in [0.3, 0.4) is 0 Å². The molecule has 10 heavy (non-hydrogen) atoms. The zero-order valence-electron chi connectivity index (χ0n) is 5.65. The molecule has 1 unspecified atom stereocenters. The average Bonchev–Trinajstić information content (AvgIpc) is 1.88. The molecule has 1 aromatic rings. The Morgan fingerprint density at radius 2 is 1.90 bits per heavy atom. The van der Waals surface area contributed by atoms with Gasteiger partial charge in [0.2, 0.25) is 0 Å². The molecule has 0 fully saturated rings. The van der Waals surface area contributed by atoms with Crippen LogP contribution in [0.15, 0.2) is 30.3 Å². The van der Waals surface area contributed by atoms with E-state index in [1.54, 1.807) is 12.1 Å². The van der Waals surface area contributed by atoms with E-state index in [2.05, 4.69) is 0 Å². The fraction of sp³-hybridized carbons (Fsp3) is 0.143. The fourth-order valence-corrected chi connectivity index (χ4v) is 1.05. The first-order chi connectivity index (χ1) is 4.79. The van der Waals surface area contributed by atoms with Gasteiger partial charge < -0.3 is 0 Å². The van der Waals surface area contributed by atoms with E-state index in [-0.39, 0.29) is 0 Å². The van der Waals surface area contributed by atoms with Gasteiger partial charge in [-0.3, -0.25) is 4.52 Å². The summed E-state index contributed by atoms with van der Waals surface area (Å²) in [5.74, 6) is 0.658. The zero-order valence-corrected chi connectivity index (χ0v) is 6.54. The van der Waals surface area contributed by atoms with Crippen LogP contribution in [0.1, 0.15) is 0 Å². The van der Waals surface area contributed by atoms with Gasteiger partial charge in [0, 0.05) is 0 Å². The van der Waals surface area contributed by atoms with Crippen molar-refractivity contribution < 1.29 is 9.09 Å². The Bertz CT molecular complexity index is 220. The highest BCUT2D eigenvalue weighted by Crippen LogP contribution is 2.21. The summed E-state index contributed by atoms with van der Waals surface area (Å²) in [6.45, 7) is 1.53. The first-order valence-corrected chi connectivity index (χ1v) is 4.55. The Morgan fingerprint density at radius 1 is 1.30 bits per heavy atom. The summed E-state index contributed by atoms with van der Waals surface area (Å²) in [5, 5.41) is 0. The molecule has 2 nitrogen and oxygen atoms in total. The topological polar surface area (TPSA) is 26.3 Å². The SMILES string of the molecule is C[P+](=O)Oc1ccccc1. The lowest BCUT2D eigenvalue weighted by Crippen LogP contribution is -1.76. The minimum absolute atomic E-state index is 0.658. The Kier molecular flexibility index (Phi) is 2.41. The van der Waals surface area contributed by atoms with Crippen molar-refractivity contribution in [2.24, 2.45) is 0 Å². The Hall–Kier alpha value is -0.880. The third-order valence-electron chi connectivity index (χ3n) is 0.977. The van der Waals surface area contributed by atoms with E-state index in [1.807, 2.05) is 18.2 Å². The molecule has 0 aromatic heterocycles. The molecule has 0 aliphatic heterocycles. The van der Waals surface area contributed by atoms with E-state index in [0.29, 0.717) is 5.75 Å². The fourth-order valence-electron chi connectivity index (χ4n) is 0.630. The maximum Gasteiger partial charge on any atom is 0.552 e. The molecule has 0 saturated carbocycles. The van der Waals surface area contributed by atoms with Crippen LogP contribution in [0.25, 0.3) is 0 Å². The van der Waals surface area contributed by atoms with E-state index in [9.17, 15) is 4.57 Å². The van der Waals surface area contributed by atoms with E-state index in [4.69, 9.17) is 4.52 Å². The summed E-state index contributed by atoms with van der Waals surface area (Å²) in [6.07, 6.45) is 0. The molecule has 0 radical (unpaired) electrons. The second kappa shape index (κ2) is 3.33. The van der Waals surface area contributed by atoms with Crippen LogP contribution in [-0.2, 0) is 4.57 Å². The number of para-hydroxylation sites is 1. The van der Waals surface area contributed by atoms with Crippen molar-refractivity contribution in [3.8, 4) is 5.75 Å². The van der Waals surface area contributed by atoms with Crippen LogP contribution in [0.4, 0.5) is 0 Å². The summed E-state index contributed by atoms with van der Waals surface area (Å²) in [6, 6.07) is 9.12. The van der Waals surface area contributed by atoms with E-state index in [0.717, 1.165) is 0 Å². The molecular formula is C7H8O2P+. The van der Waals surface area contributed by atoms with Crippen LogP contribution in [0, 0.1) is 0 Å². The van der Waals surface area contributed by atoms with Crippen LogP contribution >= 0.6 is 8.03 Å². The van der Waals surface area contributed by atoms with Crippen molar-refractivity contribution in [2.45, 2.75) is 0 Å². The third kappa shape index (κ3) is 2.16. The molecule has 1 atom stereocenters. The molecule has 1 aromatic carbocycles. The summed E-state index contributed by atoms with van der Waals surface area (Å²) in [7, 11) is -1.53. The zero-order chi connectivity index (χ0) is 7.40. The molecule has 3 heteroatoms. The van der Waals surface area contributed by atoms with Gasteiger partial charge in [-0.05, 0) is 16.7 Å².